The van der Waals surface area contributed by atoms with Crippen LogP contribution in [0, 0.1) is 13.8 Å². The van der Waals surface area contributed by atoms with Gasteiger partial charge in [-0.1, -0.05) is 243 Å². The van der Waals surface area contributed by atoms with E-state index >= 15 is 4.79 Å². The summed E-state index contributed by atoms with van der Waals surface area (Å²) in [7, 11) is 0. The Hall–Kier alpha value is -9.59. The maximum Gasteiger partial charge on any atom is 0.193 e. The van der Waals surface area contributed by atoms with Crippen LogP contribution in [0.1, 0.15) is 83.2 Å². The van der Waals surface area contributed by atoms with Gasteiger partial charge in [0.15, 0.2) is 17.3 Å². The van der Waals surface area contributed by atoms with Crippen LogP contribution in [-0.4, -0.2) is 41.9 Å². The van der Waals surface area contributed by atoms with Gasteiger partial charge in [-0.05, 0) is 93.3 Å². The van der Waals surface area contributed by atoms with E-state index in [9.17, 15) is 5.11 Å². The van der Waals surface area contributed by atoms with Gasteiger partial charge >= 0.3 is 0 Å². The van der Waals surface area contributed by atoms with Gasteiger partial charge < -0.3 is 47.7 Å². The molecule has 0 saturated carbocycles. The Balaban J connectivity index is 1.06. The number of aryl methyl sites for hydroxylation is 2. The number of phenols is 1. The number of ether oxygens (including phenoxy) is 9. The summed E-state index contributed by atoms with van der Waals surface area (Å²) in [5.74, 6) is 0.335. The molecule has 11 heteroatoms. The van der Waals surface area contributed by atoms with E-state index < -0.39 is 36.3 Å². The first kappa shape index (κ1) is 62.0. The zero-order valence-corrected chi connectivity index (χ0v) is 50.7. The maximum absolute atomic E-state index is 15.6. The molecular weight excluding hydrogens is 1120 g/mol. The van der Waals surface area contributed by atoms with Crippen molar-refractivity contribution in [1.29, 1.82) is 0 Å². The standard InChI is InChI=1S/C79H74O11/c1-56-25-21-23-39-65(56)53-85-71-46-68(81)73(67(80)43-41-58-42-44-69(83-48-60-29-11-4-12-30-60)70(45-58)84-49-61-31-13-5-14-32-61)76(89-54-66-40-24-22-26-57(66)2)74(71)77-79(88-52-64-37-19-8-20-38-64)78(87-51-63-35-17-7-18-36-63)75(86-50-62-33-15-6-16-34-62)72(90-77)55-82-47-59-27-9-3-10-28-59/h3-46,72,75,77-79,81H,47-55H2,1-2H3/b43-41+/t72-,75-,77+,78+,79+/m1/s1. The molecule has 11 nitrogen and oxygen atoms in total. The predicted octanol–water partition coefficient (Wildman–Crippen LogP) is 16.6. The third-order valence-corrected chi connectivity index (χ3v) is 15.8. The first-order chi connectivity index (χ1) is 44.3. The first-order valence-corrected chi connectivity index (χ1v) is 30.5. The quantitative estimate of drug-likeness (QED) is 0.0356. The first-order valence-electron chi connectivity index (χ1n) is 30.5. The molecule has 0 amide bonds. The van der Waals surface area contributed by atoms with Crippen molar-refractivity contribution in [3.05, 3.63) is 333 Å². The lowest BCUT2D eigenvalue weighted by Gasteiger charge is -2.47. The topological polar surface area (TPSA) is 120 Å². The van der Waals surface area contributed by atoms with Crippen molar-refractivity contribution in [2.45, 2.75) is 97.2 Å². The number of carbonyl (C=O) groups is 1. The second-order valence-corrected chi connectivity index (χ2v) is 22.3. The summed E-state index contributed by atoms with van der Waals surface area (Å²) in [6.07, 6.45) is -1.53. The number of aromatic hydroxyl groups is 1. The number of allylic oxidation sites excluding steroid dienone is 1. The van der Waals surface area contributed by atoms with Crippen molar-refractivity contribution in [3.8, 4) is 28.7 Å². The maximum atomic E-state index is 15.6. The van der Waals surface area contributed by atoms with E-state index in [1.165, 1.54) is 12.1 Å². The summed E-state index contributed by atoms with van der Waals surface area (Å²) in [5, 5.41) is 12.7. The number of carbonyl (C=O) groups excluding carboxylic acids is 1. The fraction of sp³-hybridized carbons (Fsp3) is 0.203. The molecule has 1 fully saturated rings. The highest BCUT2D eigenvalue weighted by molar-refractivity contribution is 6.11. The average molecular weight is 1200 g/mol. The number of rotatable bonds is 29. The van der Waals surface area contributed by atoms with Crippen LogP contribution in [0.3, 0.4) is 0 Å². The van der Waals surface area contributed by atoms with E-state index in [0.29, 0.717) is 29.2 Å². The summed E-state index contributed by atoms with van der Waals surface area (Å²) in [6.45, 7) is 5.59. The van der Waals surface area contributed by atoms with E-state index in [4.69, 9.17) is 42.6 Å². The Morgan fingerprint density at radius 3 is 1.36 bits per heavy atom. The van der Waals surface area contributed by atoms with Crippen LogP contribution in [0.15, 0.2) is 261 Å². The largest absolute Gasteiger partial charge is 0.507 e. The zero-order valence-electron chi connectivity index (χ0n) is 50.7. The highest BCUT2D eigenvalue weighted by Crippen LogP contribution is 2.50. The molecule has 11 rings (SSSR count). The molecule has 0 radical (unpaired) electrons. The predicted molar refractivity (Wildman–Crippen MR) is 349 cm³/mol. The molecule has 10 aromatic carbocycles. The monoisotopic (exact) mass is 1200 g/mol. The van der Waals surface area contributed by atoms with Crippen LogP contribution in [0.4, 0.5) is 0 Å². The fourth-order valence-corrected chi connectivity index (χ4v) is 10.9. The van der Waals surface area contributed by atoms with Crippen LogP contribution in [0.25, 0.3) is 6.08 Å². The molecule has 1 aliphatic heterocycles. The number of benzene rings is 10. The molecule has 10 aromatic rings. The third kappa shape index (κ3) is 16.8. The third-order valence-electron chi connectivity index (χ3n) is 15.8. The molecule has 5 atom stereocenters. The molecular formula is C79H74O11. The molecule has 0 bridgehead atoms. The van der Waals surface area contributed by atoms with Gasteiger partial charge in [-0.2, -0.15) is 0 Å². The van der Waals surface area contributed by atoms with Crippen LogP contribution in [0.2, 0.25) is 0 Å². The Morgan fingerprint density at radius 2 is 0.844 bits per heavy atom. The van der Waals surface area contributed by atoms with Gasteiger partial charge in [0, 0.05) is 6.07 Å². The summed E-state index contributed by atoms with van der Waals surface area (Å²) in [4.78, 5) is 15.6. The Kier molecular flexibility index (Phi) is 21.7. The van der Waals surface area contributed by atoms with Gasteiger partial charge in [0.1, 0.15) is 79.8 Å². The molecule has 0 aliphatic carbocycles. The van der Waals surface area contributed by atoms with Crippen molar-refractivity contribution < 1.29 is 52.5 Å². The van der Waals surface area contributed by atoms with Crippen molar-refractivity contribution in [1.82, 2.24) is 0 Å². The summed E-state index contributed by atoms with van der Waals surface area (Å²) in [5.41, 5.74) is 10.3. The molecule has 90 heavy (non-hydrogen) atoms. The Labute approximate surface area is 527 Å². The van der Waals surface area contributed by atoms with Gasteiger partial charge in [-0.15, -0.1) is 0 Å². The van der Waals surface area contributed by atoms with Gasteiger partial charge in [0.2, 0.25) is 0 Å². The van der Waals surface area contributed by atoms with Crippen molar-refractivity contribution in [3.63, 3.8) is 0 Å². The minimum Gasteiger partial charge on any atom is -0.507 e. The zero-order chi connectivity index (χ0) is 61.7. The minimum absolute atomic E-state index is 0.000463. The van der Waals surface area contributed by atoms with E-state index in [2.05, 4.69) is 0 Å². The molecule has 1 aliphatic rings. The fourth-order valence-electron chi connectivity index (χ4n) is 10.9. The summed E-state index contributed by atoms with van der Waals surface area (Å²) < 4.78 is 62.9. The molecule has 0 spiro atoms. The van der Waals surface area contributed by atoms with E-state index in [-0.39, 0.29) is 75.7 Å². The van der Waals surface area contributed by atoms with Gasteiger partial charge in [0.05, 0.1) is 38.6 Å². The molecule has 0 unspecified atom stereocenters. The minimum atomic E-state index is -1.14. The van der Waals surface area contributed by atoms with E-state index in [1.807, 2.05) is 263 Å². The molecule has 1 N–H and O–H groups in total. The van der Waals surface area contributed by atoms with Crippen molar-refractivity contribution >= 4 is 11.9 Å². The lowest BCUT2D eigenvalue weighted by molar-refractivity contribution is -0.275. The highest BCUT2D eigenvalue weighted by atomic mass is 16.6. The number of phenolic OH excluding ortho intramolecular Hbond substituents is 1. The van der Waals surface area contributed by atoms with Gasteiger partial charge in [-0.3, -0.25) is 4.79 Å². The van der Waals surface area contributed by atoms with Crippen LogP contribution < -0.4 is 18.9 Å². The lowest BCUT2D eigenvalue weighted by atomic mass is 9.87. The number of hydrogen-bond acceptors (Lipinski definition) is 11. The van der Waals surface area contributed by atoms with Crippen molar-refractivity contribution in [2.24, 2.45) is 0 Å². The highest BCUT2D eigenvalue weighted by Gasteiger charge is 2.51. The van der Waals surface area contributed by atoms with Crippen LogP contribution in [-0.2, 0) is 76.5 Å². The number of ketones is 1. The van der Waals surface area contributed by atoms with Crippen molar-refractivity contribution in [2.75, 3.05) is 6.61 Å². The Morgan fingerprint density at radius 1 is 0.422 bits per heavy atom. The smallest absolute Gasteiger partial charge is 0.193 e. The van der Waals surface area contributed by atoms with Crippen LogP contribution >= 0.6 is 0 Å². The second-order valence-electron chi connectivity index (χ2n) is 22.3. The van der Waals surface area contributed by atoms with Gasteiger partial charge in [0.25, 0.3) is 0 Å². The molecule has 0 aromatic heterocycles. The van der Waals surface area contributed by atoms with Crippen LogP contribution in [0.5, 0.6) is 28.7 Å². The Bertz CT molecular complexity index is 3880. The summed E-state index contributed by atoms with van der Waals surface area (Å²) in [6, 6.07) is 82.5. The van der Waals surface area contributed by atoms with E-state index in [1.54, 1.807) is 6.08 Å². The lowest BCUT2D eigenvalue weighted by Crippen LogP contribution is -2.58. The molecule has 1 heterocycles. The second kappa shape index (κ2) is 31.5. The normalized spacial score (nSPS) is 16.4. The molecule has 456 valence electrons. The number of hydrogen-bond donors (Lipinski definition) is 1. The molecule has 1 saturated heterocycles. The van der Waals surface area contributed by atoms with Gasteiger partial charge in [-0.25, -0.2) is 0 Å². The average Bonchev–Trinajstić information content (AvgIpc) is 0.769. The summed E-state index contributed by atoms with van der Waals surface area (Å²) >= 11 is 0. The van der Waals surface area contributed by atoms with E-state index in [0.717, 1.165) is 55.6 Å². The SMILES string of the molecule is Cc1ccccc1COc1cc(O)c(C(=O)/C=C/c2ccc(OCc3ccccc3)c(OCc3ccccc3)c2)c(OCc2ccccc2C)c1[C@@H]1O[C@H](COCc2ccccc2)[C@@H](OCc2ccccc2)[C@H](OCc2ccccc2)[C@H]1OCc1ccccc1.